The largest absolute Gasteiger partial charge is 0.271 e. The fraction of sp³-hybridized carbons (Fsp3) is 0.167. The Kier molecular flexibility index (Phi) is 4.45. The summed E-state index contributed by atoms with van der Waals surface area (Å²) < 4.78 is 1.81. The number of halogens is 2. The lowest BCUT2D eigenvalue weighted by Crippen LogP contribution is -2.30. The lowest BCUT2D eigenvalue weighted by Gasteiger charge is -2.18. The van der Waals surface area contributed by atoms with Gasteiger partial charge in [-0.05, 0) is 62.0 Å². The highest BCUT2D eigenvalue weighted by molar-refractivity contribution is 9.11. The van der Waals surface area contributed by atoms with Crippen LogP contribution < -0.4 is 11.3 Å². The van der Waals surface area contributed by atoms with Gasteiger partial charge in [-0.2, -0.15) is 0 Å². The van der Waals surface area contributed by atoms with Crippen molar-refractivity contribution in [1.82, 2.24) is 15.4 Å². The molecule has 6 heteroatoms. The monoisotopic (exact) mass is 370 g/mol. The van der Waals surface area contributed by atoms with Gasteiger partial charge >= 0.3 is 0 Å². The number of aromatic nitrogens is 2. The number of hydrogen-bond donors (Lipinski definition) is 2. The molecule has 18 heavy (non-hydrogen) atoms. The summed E-state index contributed by atoms with van der Waals surface area (Å²) in [6.45, 7) is 2.02. The molecule has 0 radical (unpaired) electrons. The molecule has 0 bridgehead atoms. The Morgan fingerprint density at radius 1 is 1.33 bits per heavy atom. The van der Waals surface area contributed by atoms with Crippen LogP contribution in [0.15, 0.2) is 39.7 Å². The number of nitrogens with two attached hydrogens (primary N) is 1. The standard InChI is InChI=1S/C12H12Br2N4/c1-7-2-3-16-6-9(7)11(18-15)12-10(14)4-8(13)5-17-12/h2-6,11,18H,15H2,1H3. The molecule has 1 atom stereocenters. The zero-order valence-corrected chi connectivity index (χ0v) is 12.9. The summed E-state index contributed by atoms with van der Waals surface area (Å²) >= 11 is 6.88. The smallest absolute Gasteiger partial charge is 0.0910 e. The second-order valence-corrected chi connectivity index (χ2v) is 5.62. The first-order chi connectivity index (χ1) is 8.63. The van der Waals surface area contributed by atoms with Crippen LogP contribution in [0.3, 0.4) is 0 Å². The van der Waals surface area contributed by atoms with Crippen LogP contribution in [0.25, 0.3) is 0 Å². The van der Waals surface area contributed by atoms with E-state index in [1.807, 2.05) is 19.1 Å². The van der Waals surface area contributed by atoms with Crippen molar-refractivity contribution in [2.45, 2.75) is 13.0 Å². The van der Waals surface area contributed by atoms with E-state index in [1.165, 1.54) is 0 Å². The highest BCUT2D eigenvalue weighted by Crippen LogP contribution is 2.29. The number of hydrazine groups is 1. The number of aryl methyl sites for hydroxylation is 1. The quantitative estimate of drug-likeness (QED) is 0.643. The second-order valence-electron chi connectivity index (χ2n) is 3.85. The molecule has 94 valence electrons. The van der Waals surface area contributed by atoms with Gasteiger partial charge in [-0.1, -0.05) is 0 Å². The molecule has 3 N–H and O–H groups in total. The van der Waals surface area contributed by atoms with Gasteiger partial charge in [0, 0.05) is 27.5 Å². The van der Waals surface area contributed by atoms with Crippen LogP contribution in [0.1, 0.15) is 22.9 Å². The Labute approximate surface area is 122 Å². The van der Waals surface area contributed by atoms with Crippen LogP contribution in [0, 0.1) is 6.92 Å². The first-order valence-corrected chi connectivity index (χ1v) is 6.89. The molecule has 0 fully saturated rings. The predicted molar refractivity (Wildman–Crippen MR) is 77.8 cm³/mol. The van der Waals surface area contributed by atoms with E-state index < -0.39 is 0 Å². The van der Waals surface area contributed by atoms with Crippen LogP contribution in [0.2, 0.25) is 0 Å². The number of nitrogens with one attached hydrogen (secondary N) is 1. The molecule has 4 nitrogen and oxygen atoms in total. The van der Waals surface area contributed by atoms with Crippen molar-refractivity contribution in [3.8, 4) is 0 Å². The predicted octanol–water partition coefficient (Wildman–Crippen LogP) is 2.86. The summed E-state index contributed by atoms with van der Waals surface area (Å²) in [5.41, 5.74) is 5.74. The fourth-order valence-corrected chi connectivity index (χ4v) is 2.95. The molecular formula is C12H12Br2N4. The summed E-state index contributed by atoms with van der Waals surface area (Å²) in [5, 5.41) is 0. The molecule has 0 aromatic carbocycles. The highest BCUT2D eigenvalue weighted by Gasteiger charge is 2.19. The first kappa shape index (κ1) is 13.6. The van der Waals surface area contributed by atoms with Crippen LogP contribution in [0.4, 0.5) is 0 Å². The number of nitrogens with zero attached hydrogens (tertiary/aromatic N) is 2. The van der Waals surface area contributed by atoms with Crippen LogP contribution >= 0.6 is 31.9 Å². The van der Waals surface area contributed by atoms with E-state index in [2.05, 4.69) is 47.3 Å². The maximum absolute atomic E-state index is 5.66. The topological polar surface area (TPSA) is 63.8 Å². The summed E-state index contributed by atoms with van der Waals surface area (Å²) in [5.74, 6) is 5.66. The highest BCUT2D eigenvalue weighted by atomic mass is 79.9. The molecule has 2 aromatic heterocycles. The number of rotatable bonds is 3. The number of pyridine rings is 2. The minimum absolute atomic E-state index is 0.193. The van der Waals surface area contributed by atoms with Crippen molar-refractivity contribution in [2.75, 3.05) is 0 Å². The van der Waals surface area contributed by atoms with Gasteiger partial charge in [0.25, 0.3) is 0 Å². The molecule has 0 spiro atoms. The van der Waals surface area contributed by atoms with Gasteiger partial charge in [-0.25, -0.2) is 5.43 Å². The molecule has 0 aliphatic heterocycles. The van der Waals surface area contributed by atoms with Gasteiger partial charge in [-0.3, -0.25) is 15.8 Å². The first-order valence-electron chi connectivity index (χ1n) is 5.31. The van der Waals surface area contributed by atoms with Crippen molar-refractivity contribution in [3.05, 3.63) is 56.5 Å². The lowest BCUT2D eigenvalue weighted by molar-refractivity contribution is 0.612. The Bertz CT molecular complexity index is 560. The molecule has 2 rings (SSSR count). The van der Waals surface area contributed by atoms with E-state index in [4.69, 9.17) is 5.84 Å². The summed E-state index contributed by atoms with van der Waals surface area (Å²) in [4.78, 5) is 8.54. The van der Waals surface area contributed by atoms with Gasteiger partial charge in [0.1, 0.15) is 0 Å². The molecule has 0 amide bonds. The normalized spacial score (nSPS) is 12.4. The molecule has 0 saturated carbocycles. The molecule has 1 unspecified atom stereocenters. The Balaban J connectivity index is 2.49. The zero-order valence-electron chi connectivity index (χ0n) is 9.69. The summed E-state index contributed by atoms with van der Waals surface area (Å²) in [6.07, 6.45) is 5.31. The van der Waals surface area contributed by atoms with Crippen molar-refractivity contribution >= 4 is 31.9 Å². The minimum atomic E-state index is -0.193. The zero-order chi connectivity index (χ0) is 13.1. The second kappa shape index (κ2) is 5.88. The molecule has 0 aliphatic carbocycles. The van der Waals surface area contributed by atoms with E-state index in [0.717, 1.165) is 25.8 Å². The van der Waals surface area contributed by atoms with Crippen LogP contribution in [0.5, 0.6) is 0 Å². The van der Waals surface area contributed by atoms with Gasteiger partial charge < -0.3 is 0 Å². The average Bonchev–Trinajstić information content (AvgIpc) is 2.34. The van der Waals surface area contributed by atoms with Crippen molar-refractivity contribution in [3.63, 3.8) is 0 Å². The van der Waals surface area contributed by atoms with Crippen molar-refractivity contribution in [1.29, 1.82) is 0 Å². The Morgan fingerprint density at radius 2 is 2.11 bits per heavy atom. The third-order valence-electron chi connectivity index (χ3n) is 2.67. The van der Waals surface area contributed by atoms with Crippen molar-refractivity contribution < 1.29 is 0 Å². The molecule has 2 aromatic rings. The van der Waals surface area contributed by atoms with E-state index in [-0.39, 0.29) is 6.04 Å². The van der Waals surface area contributed by atoms with E-state index in [9.17, 15) is 0 Å². The fourth-order valence-electron chi connectivity index (χ4n) is 1.73. The van der Waals surface area contributed by atoms with Crippen molar-refractivity contribution in [2.24, 2.45) is 5.84 Å². The van der Waals surface area contributed by atoms with Gasteiger partial charge in [0.05, 0.1) is 11.7 Å². The summed E-state index contributed by atoms with van der Waals surface area (Å²) in [6, 6.07) is 3.70. The Hall–Kier alpha value is -0.820. The van der Waals surface area contributed by atoms with Gasteiger partial charge in [0.2, 0.25) is 0 Å². The maximum Gasteiger partial charge on any atom is 0.0910 e. The Morgan fingerprint density at radius 3 is 2.72 bits per heavy atom. The third-order valence-corrected chi connectivity index (χ3v) is 3.74. The van der Waals surface area contributed by atoms with Crippen LogP contribution in [-0.4, -0.2) is 9.97 Å². The minimum Gasteiger partial charge on any atom is -0.271 e. The van der Waals surface area contributed by atoms with Crippen LogP contribution in [-0.2, 0) is 0 Å². The molecule has 2 heterocycles. The van der Waals surface area contributed by atoms with E-state index in [1.54, 1.807) is 18.6 Å². The average molecular weight is 372 g/mol. The van der Waals surface area contributed by atoms with E-state index >= 15 is 0 Å². The van der Waals surface area contributed by atoms with Gasteiger partial charge in [0.15, 0.2) is 0 Å². The SMILES string of the molecule is Cc1ccncc1C(NN)c1ncc(Br)cc1Br. The third kappa shape index (κ3) is 2.77. The summed E-state index contributed by atoms with van der Waals surface area (Å²) in [7, 11) is 0. The molecule has 0 saturated heterocycles. The lowest BCUT2D eigenvalue weighted by atomic mass is 10.0. The van der Waals surface area contributed by atoms with Gasteiger partial charge in [-0.15, -0.1) is 0 Å². The number of hydrogen-bond acceptors (Lipinski definition) is 4. The maximum atomic E-state index is 5.66. The molecular weight excluding hydrogens is 360 g/mol. The molecule has 0 aliphatic rings. The van der Waals surface area contributed by atoms with E-state index in [0.29, 0.717) is 0 Å².